The lowest BCUT2D eigenvalue weighted by molar-refractivity contribution is -0.153. The summed E-state index contributed by atoms with van der Waals surface area (Å²) in [6, 6.07) is 0.199. The molecule has 4 nitrogen and oxygen atoms in total. The van der Waals surface area contributed by atoms with Crippen molar-refractivity contribution in [3.63, 3.8) is 0 Å². The number of carboxylic acids is 1. The van der Waals surface area contributed by atoms with Crippen LogP contribution in [0.3, 0.4) is 0 Å². The summed E-state index contributed by atoms with van der Waals surface area (Å²) in [6.07, 6.45) is 6.23. The van der Waals surface area contributed by atoms with Crippen LogP contribution in [0.4, 0.5) is 0 Å². The molecule has 1 fully saturated rings. The van der Waals surface area contributed by atoms with E-state index in [1.54, 1.807) is 0 Å². The Kier molecular flexibility index (Phi) is 7.03. The van der Waals surface area contributed by atoms with E-state index in [0.29, 0.717) is 6.42 Å². The molecule has 116 valence electrons. The molecule has 4 heteroatoms. The first-order valence-electron chi connectivity index (χ1n) is 8.06. The molecule has 3 atom stereocenters. The van der Waals surface area contributed by atoms with Crippen LogP contribution in [0.2, 0.25) is 0 Å². The SMILES string of the molecule is CCCCN(C(=O)[C@@H]1CCCC[C@@H]1C(=O)O)C(C)CC. The highest BCUT2D eigenvalue weighted by molar-refractivity contribution is 5.85. The molecule has 20 heavy (non-hydrogen) atoms. The summed E-state index contributed by atoms with van der Waals surface area (Å²) in [6.45, 7) is 7.01. The summed E-state index contributed by atoms with van der Waals surface area (Å²) < 4.78 is 0. The molecule has 0 spiro atoms. The van der Waals surface area contributed by atoms with E-state index >= 15 is 0 Å². The molecular weight excluding hydrogens is 254 g/mol. The van der Waals surface area contributed by atoms with Crippen molar-refractivity contribution in [1.29, 1.82) is 0 Å². The quantitative estimate of drug-likeness (QED) is 0.780. The number of carbonyl (C=O) groups excluding carboxylic acids is 1. The summed E-state index contributed by atoms with van der Waals surface area (Å²) in [5, 5.41) is 9.34. The van der Waals surface area contributed by atoms with Gasteiger partial charge < -0.3 is 10.0 Å². The monoisotopic (exact) mass is 283 g/mol. The maximum atomic E-state index is 12.8. The summed E-state index contributed by atoms with van der Waals surface area (Å²) >= 11 is 0. The maximum Gasteiger partial charge on any atom is 0.307 e. The third kappa shape index (κ3) is 4.22. The molecule has 1 saturated carbocycles. The topological polar surface area (TPSA) is 57.6 Å². The molecule has 0 aliphatic heterocycles. The van der Waals surface area contributed by atoms with E-state index in [4.69, 9.17) is 0 Å². The first-order chi connectivity index (χ1) is 9.52. The number of aliphatic carboxylic acids is 1. The van der Waals surface area contributed by atoms with Crippen LogP contribution in [0.25, 0.3) is 0 Å². The molecule has 1 unspecified atom stereocenters. The summed E-state index contributed by atoms with van der Waals surface area (Å²) in [5.41, 5.74) is 0. The second-order valence-electron chi connectivity index (χ2n) is 5.98. The molecular formula is C16H29NO3. The maximum absolute atomic E-state index is 12.8. The Balaban J connectivity index is 2.82. The van der Waals surface area contributed by atoms with Gasteiger partial charge in [0.1, 0.15) is 0 Å². The molecule has 0 heterocycles. The minimum Gasteiger partial charge on any atom is -0.481 e. The van der Waals surface area contributed by atoms with Gasteiger partial charge in [0.25, 0.3) is 0 Å². The third-order valence-electron chi connectivity index (χ3n) is 4.56. The predicted molar refractivity (Wildman–Crippen MR) is 79.5 cm³/mol. The van der Waals surface area contributed by atoms with Crippen molar-refractivity contribution in [3.8, 4) is 0 Å². The average Bonchev–Trinajstić information content (AvgIpc) is 2.46. The zero-order chi connectivity index (χ0) is 15.1. The van der Waals surface area contributed by atoms with Gasteiger partial charge in [-0.25, -0.2) is 0 Å². The molecule has 0 aromatic carbocycles. The van der Waals surface area contributed by atoms with Gasteiger partial charge in [0.15, 0.2) is 0 Å². The smallest absolute Gasteiger partial charge is 0.307 e. The summed E-state index contributed by atoms with van der Waals surface area (Å²) in [5.74, 6) is -1.53. The Bertz CT molecular complexity index is 330. The van der Waals surface area contributed by atoms with Gasteiger partial charge in [-0.15, -0.1) is 0 Å². The molecule has 0 saturated heterocycles. The average molecular weight is 283 g/mol. The van der Waals surface area contributed by atoms with Gasteiger partial charge in [0.2, 0.25) is 5.91 Å². The van der Waals surface area contributed by atoms with E-state index in [1.807, 2.05) is 4.90 Å². The molecule has 0 bridgehead atoms. The number of hydrogen-bond donors (Lipinski definition) is 1. The van der Waals surface area contributed by atoms with Gasteiger partial charge in [-0.1, -0.05) is 33.1 Å². The van der Waals surface area contributed by atoms with Crippen LogP contribution < -0.4 is 0 Å². The zero-order valence-corrected chi connectivity index (χ0v) is 13.1. The molecule has 1 aliphatic carbocycles. The lowest BCUT2D eigenvalue weighted by Crippen LogP contribution is -2.46. The Hall–Kier alpha value is -1.06. The van der Waals surface area contributed by atoms with Gasteiger partial charge in [-0.3, -0.25) is 9.59 Å². The molecule has 1 aliphatic rings. The molecule has 1 amide bonds. The van der Waals surface area contributed by atoms with Crippen molar-refractivity contribution < 1.29 is 14.7 Å². The minimum atomic E-state index is -0.803. The van der Waals surface area contributed by atoms with E-state index in [9.17, 15) is 14.7 Å². The highest BCUT2D eigenvalue weighted by Crippen LogP contribution is 2.32. The van der Waals surface area contributed by atoms with Crippen molar-refractivity contribution in [1.82, 2.24) is 4.90 Å². The molecule has 0 aromatic rings. The van der Waals surface area contributed by atoms with Crippen molar-refractivity contribution in [2.24, 2.45) is 11.8 Å². The van der Waals surface area contributed by atoms with E-state index in [-0.39, 0.29) is 17.9 Å². The fourth-order valence-electron chi connectivity index (χ4n) is 3.03. The first kappa shape index (κ1) is 17.0. The number of carboxylic acid groups (broad SMARTS) is 1. The standard InChI is InChI=1S/C16H29NO3/c1-4-6-11-17(12(3)5-2)15(18)13-9-7-8-10-14(13)16(19)20/h12-14H,4-11H2,1-3H3,(H,19,20)/t12?,13-,14+/m1/s1. The Morgan fingerprint density at radius 1 is 1.20 bits per heavy atom. The van der Waals surface area contributed by atoms with E-state index < -0.39 is 11.9 Å². The van der Waals surface area contributed by atoms with Crippen molar-refractivity contribution in [2.45, 2.75) is 71.8 Å². The number of nitrogens with zero attached hydrogens (tertiary/aromatic N) is 1. The molecule has 0 aromatic heterocycles. The Morgan fingerprint density at radius 2 is 1.80 bits per heavy atom. The van der Waals surface area contributed by atoms with Gasteiger partial charge in [0.05, 0.1) is 11.8 Å². The molecule has 1 N–H and O–H groups in total. The van der Waals surface area contributed by atoms with Crippen molar-refractivity contribution in [3.05, 3.63) is 0 Å². The predicted octanol–water partition coefficient (Wildman–Crippen LogP) is 3.30. The highest BCUT2D eigenvalue weighted by Gasteiger charge is 2.38. The van der Waals surface area contributed by atoms with Crippen LogP contribution in [0.5, 0.6) is 0 Å². The largest absolute Gasteiger partial charge is 0.481 e. The van der Waals surface area contributed by atoms with Crippen LogP contribution in [-0.4, -0.2) is 34.5 Å². The van der Waals surface area contributed by atoms with Crippen LogP contribution in [-0.2, 0) is 9.59 Å². The molecule has 0 radical (unpaired) electrons. The van der Waals surface area contributed by atoms with E-state index in [2.05, 4.69) is 20.8 Å². The second-order valence-corrected chi connectivity index (χ2v) is 5.98. The first-order valence-corrected chi connectivity index (χ1v) is 8.06. The van der Waals surface area contributed by atoms with Crippen molar-refractivity contribution >= 4 is 11.9 Å². The van der Waals surface area contributed by atoms with E-state index in [0.717, 1.165) is 45.1 Å². The molecule has 1 rings (SSSR count). The van der Waals surface area contributed by atoms with Gasteiger partial charge in [-0.2, -0.15) is 0 Å². The normalized spacial score (nSPS) is 24.1. The number of amides is 1. The van der Waals surface area contributed by atoms with Gasteiger partial charge in [0, 0.05) is 12.6 Å². The highest BCUT2D eigenvalue weighted by atomic mass is 16.4. The summed E-state index contributed by atoms with van der Waals surface area (Å²) in [7, 11) is 0. The van der Waals surface area contributed by atoms with Crippen LogP contribution >= 0.6 is 0 Å². The summed E-state index contributed by atoms with van der Waals surface area (Å²) in [4.78, 5) is 26.1. The number of rotatable bonds is 7. The van der Waals surface area contributed by atoms with Crippen LogP contribution in [0.1, 0.15) is 65.7 Å². The lowest BCUT2D eigenvalue weighted by atomic mass is 9.78. The Morgan fingerprint density at radius 3 is 2.30 bits per heavy atom. The van der Waals surface area contributed by atoms with Gasteiger partial charge >= 0.3 is 5.97 Å². The van der Waals surface area contributed by atoms with E-state index in [1.165, 1.54) is 0 Å². The second kappa shape index (κ2) is 8.28. The lowest BCUT2D eigenvalue weighted by Gasteiger charge is -2.36. The fourth-order valence-corrected chi connectivity index (χ4v) is 3.03. The number of carbonyl (C=O) groups is 2. The fraction of sp³-hybridized carbons (Fsp3) is 0.875. The zero-order valence-electron chi connectivity index (χ0n) is 13.1. The van der Waals surface area contributed by atoms with Crippen LogP contribution in [0.15, 0.2) is 0 Å². The van der Waals surface area contributed by atoms with Crippen LogP contribution in [0, 0.1) is 11.8 Å². The van der Waals surface area contributed by atoms with Crippen molar-refractivity contribution in [2.75, 3.05) is 6.54 Å². The minimum absolute atomic E-state index is 0.0694. The third-order valence-corrected chi connectivity index (χ3v) is 4.56. The number of hydrogen-bond acceptors (Lipinski definition) is 2. The number of unbranched alkanes of at least 4 members (excludes halogenated alkanes) is 1. The van der Waals surface area contributed by atoms with Gasteiger partial charge in [-0.05, 0) is 32.6 Å². The Labute approximate surface area is 122 Å².